The van der Waals surface area contributed by atoms with E-state index in [1.165, 1.54) is 0 Å². The minimum atomic E-state index is -0.0161. The average molecular weight is 216 g/mol. The normalized spacial score (nSPS) is 16.7. The number of alkyl halides is 1. The van der Waals surface area contributed by atoms with E-state index in [2.05, 4.69) is 22.6 Å². The third-order valence-electron chi connectivity index (χ3n) is 0.636. The Hall–Kier alpha value is 0.610. The number of nitrogens with zero attached hydrogens (tertiary/aromatic N) is 1. The van der Waals surface area contributed by atoms with Crippen LogP contribution in [0.5, 0.6) is 0 Å². The SMILES string of the molecule is C[N+](C)(N)C(N)I. The van der Waals surface area contributed by atoms with E-state index in [9.17, 15) is 0 Å². The van der Waals surface area contributed by atoms with E-state index in [-0.39, 0.29) is 4.17 Å². The molecule has 0 saturated carbocycles. The molecule has 0 saturated heterocycles. The number of halogens is 1. The van der Waals surface area contributed by atoms with Crippen LogP contribution in [0.15, 0.2) is 0 Å². The van der Waals surface area contributed by atoms with Crippen molar-refractivity contribution >= 4 is 22.6 Å². The van der Waals surface area contributed by atoms with E-state index in [0.717, 1.165) is 0 Å². The predicted molar refractivity (Wildman–Crippen MR) is 38.3 cm³/mol. The lowest BCUT2D eigenvalue weighted by Gasteiger charge is -2.24. The minimum Gasteiger partial charge on any atom is -0.271 e. The Morgan fingerprint density at radius 3 is 1.71 bits per heavy atom. The van der Waals surface area contributed by atoms with Gasteiger partial charge in [-0.15, -0.1) is 0 Å². The summed E-state index contributed by atoms with van der Waals surface area (Å²) >= 11 is 2.07. The summed E-state index contributed by atoms with van der Waals surface area (Å²) < 4.78 is 0.304. The summed E-state index contributed by atoms with van der Waals surface area (Å²) in [5, 5.41) is 0. The lowest BCUT2D eigenvalue weighted by molar-refractivity contribution is -0.908. The van der Waals surface area contributed by atoms with Crippen molar-refractivity contribution < 1.29 is 4.59 Å². The van der Waals surface area contributed by atoms with Crippen LogP contribution in [-0.2, 0) is 0 Å². The lowest BCUT2D eigenvalue weighted by Crippen LogP contribution is -2.55. The Bertz CT molecular complexity index is 55.7. The van der Waals surface area contributed by atoms with Gasteiger partial charge in [-0.1, -0.05) is 0 Å². The summed E-state index contributed by atoms with van der Waals surface area (Å²) in [6.07, 6.45) is 0. The van der Waals surface area contributed by atoms with Crippen LogP contribution < -0.4 is 11.6 Å². The summed E-state index contributed by atoms with van der Waals surface area (Å²) in [5.41, 5.74) is 5.40. The zero-order valence-electron chi connectivity index (χ0n) is 4.56. The van der Waals surface area contributed by atoms with Gasteiger partial charge in [0.25, 0.3) is 0 Å². The van der Waals surface area contributed by atoms with Crippen LogP contribution in [-0.4, -0.2) is 22.9 Å². The standard InChI is InChI=1S/C3H11IN3/c1-7(2,6)3(4)5/h3H,5-6H2,1-2H3/q+1. The fourth-order valence-corrected chi connectivity index (χ4v) is 0. The van der Waals surface area contributed by atoms with Gasteiger partial charge in [0.15, 0.2) is 0 Å². The maximum atomic E-state index is 5.48. The van der Waals surface area contributed by atoms with E-state index in [1.807, 2.05) is 14.1 Å². The van der Waals surface area contributed by atoms with Crippen molar-refractivity contribution in [3.8, 4) is 0 Å². The van der Waals surface area contributed by atoms with Crippen LogP contribution in [0.1, 0.15) is 0 Å². The number of hydrogen-bond donors (Lipinski definition) is 2. The lowest BCUT2D eigenvalue weighted by atomic mass is 10.8. The maximum Gasteiger partial charge on any atom is 0.208 e. The average Bonchev–Trinajstić information content (AvgIpc) is 1.31. The predicted octanol–water partition coefficient (Wildman–Crippen LogP) is -0.386. The monoisotopic (exact) mass is 216 g/mol. The Balaban J connectivity index is 3.54. The Morgan fingerprint density at radius 1 is 1.57 bits per heavy atom. The van der Waals surface area contributed by atoms with E-state index < -0.39 is 0 Å². The Kier molecular flexibility index (Phi) is 2.45. The van der Waals surface area contributed by atoms with E-state index in [1.54, 1.807) is 0 Å². The molecule has 1 atom stereocenters. The fraction of sp³-hybridized carbons (Fsp3) is 1.00. The summed E-state index contributed by atoms with van der Waals surface area (Å²) in [4.78, 5) is 0. The second kappa shape index (κ2) is 2.25. The third kappa shape index (κ3) is 3.22. The summed E-state index contributed by atoms with van der Waals surface area (Å²) in [7, 11) is 3.69. The molecular weight excluding hydrogens is 205 g/mol. The van der Waals surface area contributed by atoms with E-state index in [4.69, 9.17) is 11.6 Å². The molecule has 0 amide bonds. The van der Waals surface area contributed by atoms with Gasteiger partial charge in [-0.2, -0.15) is 5.84 Å². The number of nitrogens with two attached hydrogens (primary N) is 2. The molecule has 0 radical (unpaired) electrons. The highest BCUT2D eigenvalue weighted by atomic mass is 127. The highest BCUT2D eigenvalue weighted by molar-refractivity contribution is 14.1. The molecule has 0 aliphatic carbocycles. The highest BCUT2D eigenvalue weighted by Crippen LogP contribution is 1.98. The van der Waals surface area contributed by atoms with Crippen LogP contribution >= 0.6 is 22.6 Å². The van der Waals surface area contributed by atoms with Crippen molar-refractivity contribution in [2.75, 3.05) is 14.1 Å². The van der Waals surface area contributed by atoms with Crippen molar-refractivity contribution in [2.45, 2.75) is 4.17 Å². The molecule has 7 heavy (non-hydrogen) atoms. The van der Waals surface area contributed by atoms with E-state index >= 15 is 0 Å². The van der Waals surface area contributed by atoms with Gasteiger partial charge in [0.2, 0.25) is 4.17 Å². The molecule has 0 aromatic carbocycles. The van der Waals surface area contributed by atoms with Crippen LogP contribution in [0.4, 0.5) is 0 Å². The van der Waals surface area contributed by atoms with Gasteiger partial charge >= 0.3 is 0 Å². The summed E-state index contributed by atoms with van der Waals surface area (Å²) in [6, 6.07) is 0. The molecule has 0 aromatic rings. The molecule has 0 spiro atoms. The second-order valence-electron chi connectivity index (χ2n) is 2.00. The first-order chi connectivity index (χ1) is 2.94. The number of hydrogen-bond acceptors (Lipinski definition) is 2. The van der Waals surface area contributed by atoms with E-state index in [0.29, 0.717) is 4.59 Å². The molecule has 0 aliphatic heterocycles. The second-order valence-corrected chi connectivity index (χ2v) is 3.28. The molecule has 1 unspecified atom stereocenters. The maximum absolute atomic E-state index is 5.48. The molecule has 0 bridgehead atoms. The molecular formula is C3H11IN3+. The quantitative estimate of drug-likeness (QED) is 0.119. The molecule has 0 aliphatic rings. The largest absolute Gasteiger partial charge is 0.271 e. The number of rotatable bonds is 1. The molecule has 0 aromatic heterocycles. The highest BCUT2D eigenvalue weighted by Gasteiger charge is 2.14. The van der Waals surface area contributed by atoms with Gasteiger partial charge in [-0.3, -0.25) is 5.73 Å². The molecule has 0 heterocycles. The fourth-order valence-electron chi connectivity index (χ4n) is 0. The Morgan fingerprint density at radius 2 is 1.71 bits per heavy atom. The first-order valence-electron chi connectivity index (χ1n) is 1.96. The first kappa shape index (κ1) is 7.61. The van der Waals surface area contributed by atoms with Crippen LogP contribution in [0.3, 0.4) is 0 Å². The number of quaternary nitrogens is 1. The van der Waals surface area contributed by atoms with Crippen LogP contribution in [0.2, 0.25) is 0 Å². The smallest absolute Gasteiger partial charge is 0.208 e. The van der Waals surface area contributed by atoms with Crippen molar-refractivity contribution in [3.63, 3.8) is 0 Å². The zero-order chi connectivity index (χ0) is 6.08. The van der Waals surface area contributed by atoms with Crippen molar-refractivity contribution in [1.82, 2.24) is 0 Å². The van der Waals surface area contributed by atoms with Gasteiger partial charge in [-0.25, -0.2) is 4.59 Å². The zero-order valence-corrected chi connectivity index (χ0v) is 6.71. The molecule has 0 rings (SSSR count). The van der Waals surface area contributed by atoms with Gasteiger partial charge in [-0.05, 0) is 0 Å². The van der Waals surface area contributed by atoms with Crippen molar-refractivity contribution in [3.05, 3.63) is 0 Å². The van der Waals surface area contributed by atoms with Crippen LogP contribution in [0.25, 0.3) is 0 Å². The molecule has 4 heteroatoms. The first-order valence-corrected chi connectivity index (χ1v) is 3.21. The Labute approximate surface area is 57.4 Å². The van der Waals surface area contributed by atoms with Gasteiger partial charge in [0, 0.05) is 22.6 Å². The van der Waals surface area contributed by atoms with Gasteiger partial charge in [0.1, 0.15) is 0 Å². The molecule has 3 nitrogen and oxygen atoms in total. The minimum absolute atomic E-state index is 0.0161. The summed E-state index contributed by atoms with van der Waals surface area (Å²) in [6.45, 7) is 0. The van der Waals surface area contributed by atoms with Crippen molar-refractivity contribution in [2.24, 2.45) is 11.6 Å². The molecule has 4 N–H and O–H groups in total. The van der Waals surface area contributed by atoms with Gasteiger partial charge in [0.05, 0.1) is 14.1 Å². The van der Waals surface area contributed by atoms with Gasteiger partial charge < -0.3 is 0 Å². The van der Waals surface area contributed by atoms with Crippen LogP contribution in [0, 0.1) is 0 Å². The molecule has 0 fully saturated rings. The third-order valence-corrected chi connectivity index (χ3v) is 2.07. The molecule has 44 valence electrons. The topological polar surface area (TPSA) is 52.0 Å². The van der Waals surface area contributed by atoms with Crippen molar-refractivity contribution in [1.29, 1.82) is 0 Å². The summed E-state index contributed by atoms with van der Waals surface area (Å²) in [5.74, 6) is 5.48.